The smallest absolute Gasteiger partial charge is 0.860 e. The predicted octanol–water partition coefficient (Wildman–Crippen LogP) is -66.9. The molecule has 702 valence electrons. The second-order valence-corrected chi connectivity index (χ2v) is 37.0. The molecule has 2 rings (SSSR count). The number of rotatable bonds is 55. The molecule has 1 unspecified atom stereocenters. The molecule has 0 aromatic rings. The summed E-state index contributed by atoms with van der Waals surface area (Å²) >= 11 is 0. The fraction of sp³-hybridized carbons (Fsp3) is 0.933. The van der Waals surface area contributed by atoms with Crippen molar-refractivity contribution in [1.82, 2.24) is 0 Å². The molecule has 0 spiro atoms. The maximum atomic E-state index is 13.9. The largest absolute Gasteiger partial charge is 1.00 e. The molecule has 0 aliphatic carbocycles. The first-order valence-corrected chi connectivity index (χ1v) is 48.8. The molecule has 0 amide bonds. The molecule has 0 saturated carbocycles. The molecule has 0 radical (unpaired) electrons. The zero-order chi connectivity index (χ0) is 92.2. The van der Waals surface area contributed by atoms with Gasteiger partial charge in [0.2, 0.25) is 146 Å². The van der Waals surface area contributed by atoms with Crippen molar-refractivity contribution in [3.63, 3.8) is 0 Å². The minimum atomic E-state index is -7.17. The maximum absolute atomic E-state index is 13.9. The monoisotopic (exact) mass is 2430 g/mol. The van der Waals surface area contributed by atoms with Gasteiger partial charge in [0.1, 0.15) is 85.5 Å². The Morgan fingerprint density at radius 1 is 0.261 bits per heavy atom. The van der Waals surface area contributed by atoms with E-state index in [9.17, 15) is 218 Å². The van der Waals surface area contributed by atoms with Crippen LogP contribution in [0.2, 0.25) is 0 Å². The number of nitrogens with zero attached hydrogens (tertiary/aromatic N) is 2. The summed E-state index contributed by atoms with van der Waals surface area (Å²) in [7, 11) is -109. The van der Waals surface area contributed by atoms with Gasteiger partial charge in [-0.25, -0.2) is 126 Å². The molecule has 104 heteroatoms. The Bertz CT molecular complexity index is 5190. The van der Waals surface area contributed by atoms with Gasteiger partial charge in [-0.05, 0) is 24.6 Å². The third-order valence-corrected chi connectivity index (χ3v) is 19.3. The van der Waals surface area contributed by atoms with Gasteiger partial charge in [0, 0.05) is 13.1 Å². The second-order valence-electron chi connectivity index (χ2n) is 20.6. The van der Waals surface area contributed by atoms with Gasteiger partial charge in [0.15, 0.2) is 24.8 Å². The fourth-order valence-electron chi connectivity index (χ4n) is 8.74. The van der Waals surface area contributed by atoms with E-state index in [4.69, 9.17) is 18.9 Å². The molecule has 2 aliphatic heterocycles. The molecule has 2 heterocycles. The van der Waals surface area contributed by atoms with Crippen molar-refractivity contribution in [3.05, 3.63) is 0 Å². The van der Waals surface area contributed by atoms with Gasteiger partial charge in [-0.15, -0.1) is 0 Å². The SMILES string of the molecule is O=S(=O)([O-])OC[C@H](OS(=O)(=O)[O-])[C@H](O[C@H]1O[C@H](COS(=O)(=O)[O-])[C@H](OS(=O)(=O)[O-])[C@H](OS(=O)(=O)[O-])[C@@H]1OS(=O)(=O)O)[C@H](OS(=O)(=O)[O-])[C@@H](OS(=O)(=O)[O-])C([O-])=NCCCCCCN=C([O-])[C@@H](OS(=O)(=O)[O-])[C@@H](OS(=O)(=O)[O-])[C@@H](O[C@@H]1O[C@@H](COS(=O)(=O)[O-])[C@H](OS(=O)(=O)[O-])[C@H](OS(=O)(=O)[O-])C1OS(=O)(=O)O)[C@@H](COS(=O)(=O)[O-])OS(=O)(=O)[O-].[Na+].[Na+].[Na+].[Na+].[Na+].[Na+].[Na+].[Na+].[Na+].[Na+].[Na+].[Na+].[Na+].[Na+].[Na+].[Na+]. The van der Waals surface area contributed by atoms with Gasteiger partial charge >= 0.3 is 494 Å². The Kier molecular flexibility index (Phi) is 101. The molecule has 18 atom stereocenters. The van der Waals surface area contributed by atoms with E-state index in [0.717, 1.165) is 0 Å². The molecule has 2 fully saturated rings. The zero-order valence-electron chi connectivity index (χ0n) is 70.5. The summed E-state index contributed by atoms with van der Waals surface area (Å²) in [6.07, 6.45) is -75.9. The van der Waals surface area contributed by atoms with E-state index < -0.39 is 354 Å². The first kappa shape index (κ1) is 180. The normalized spacial score (nSPS) is 21.5. The minimum absolute atomic E-state index is 0. The quantitative estimate of drug-likeness (QED) is 0.0143. The zero-order valence-corrected chi connectivity index (χ0v) is 116. The van der Waals surface area contributed by atoms with Crippen LogP contribution in [-0.4, -0.2) is 369 Å². The predicted molar refractivity (Wildman–Crippen MR) is 311 cm³/mol. The van der Waals surface area contributed by atoms with E-state index in [0.29, 0.717) is 0 Å². The van der Waals surface area contributed by atoms with Crippen LogP contribution in [0, 0.1) is 0 Å². The van der Waals surface area contributed by atoms with Crippen molar-refractivity contribution in [3.8, 4) is 0 Å². The van der Waals surface area contributed by atoms with Crippen molar-refractivity contribution in [1.29, 1.82) is 0 Å². The van der Waals surface area contributed by atoms with Crippen molar-refractivity contribution in [2.45, 2.75) is 136 Å². The number of unbranched alkanes of at least 4 members (excludes halogenated alkanes) is 3. The van der Waals surface area contributed by atoms with Gasteiger partial charge in [-0.3, -0.25) is 67.7 Å². The van der Waals surface area contributed by atoms with Gasteiger partial charge in [0.25, 0.3) is 0 Å². The average Bonchev–Trinajstić information content (AvgIpc) is 0.764. The first-order valence-electron chi connectivity index (χ1n) is 27.4. The second kappa shape index (κ2) is 75.7. The van der Waals surface area contributed by atoms with Crippen molar-refractivity contribution in [2.24, 2.45) is 9.98 Å². The molecule has 2 saturated heterocycles. The molecule has 2 aliphatic rings. The maximum Gasteiger partial charge on any atom is 1.00 e. The summed E-state index contributed by atoms with van der Waals surface area (Å²) < 4.78 is 651. The van der Waals surface area contributed by atoms with Crippen LogP contribution in [0.1, 0.15) is 25.7 Å². The summed E-state index contributed by atoms with van der Waals surface area (Å²) in [6.45, 7) is -13.3. The molecule has 72 nitrogen and oxygen atoms in total. The van der Waals surface area contributed by atoms with Crippen LogP contribution in [0.25, 0.3) is 0 Å². The first-order chi connectivity index (χ1) is 52.3. The Morgan fingerprint density at radius 3 is 0.672 bits per heavy atom. The summed E-state index contributed by atoms with van der Waals surface area (Å²) in [4.78, 5) is 5.98. The van der Waals surface area contributed by atoms with Crippen LogP contribution < -0.4 is 483 Å². The van der Waals surface area contributed by atoms with Crippen molar-refractivity contribution in [2.75, 3.05) is 39.5 Å². The molecule has 134 heavy (non-hydrogen) atoms. The topological polar surface area (TPSA) is 1160 Å². The summed E-state index contributed by atoms with van der Waals surface area (Å²) in [6, 6.07) is 0. The molecule has 0 aromatic heterocycles. The fourth-order valence-corrected chi connectivity index (χ4v) is 15.7. The summed E-state index contributed by atoms with van der Waals surface area (Å²) in [5.74, 6) is -5.56. The summed E-state index contributed by atoms with van der Waals surface area (Å²) in [5, 5.41) is 27.8. The molecule has 2 N–H and O–H groups in total. The van der Waals surface area contributed by atoms with E-state index >= 15 is 0 Å². The van der Waals surface area contributed by atoms with E-state index in [2.05, 4.69) is 76.9 Å². The Balaban J connectivity index is -0.000000681. The van der Waals surface area contributed by atoms with Gasteiger partial charge in [-0.1, -0.05) is 12.8 Å². The van der Waals surface area contributed by atoms with Crippen LogP contribution in [0.3, 0.4) is 0 Å². The van der Waals surface area contributed by atoms with E-state index in [1.54, 1.807) is 0 Å². The van der Waals surface area contributed by atoms with E-state index in [1.165, 1.54) is 0 Å². The third-order valence-electron chi connectivity index (χ3n) is 12.1. The third kappa shape index (κ3) is 84.8. The summed E-state index contributed by atoms with van der Waals surface area (Å²) in [5.41, 5.74) is 0. The van der Waals surface area contributed by atoms with Crippen LogP contribution in [0.15, 0.2) is 9.98 Å². The van der Waals surface area contributed by atoms with Crippen LogP contribution in [-0.2, 0) is 252 Å². The van der Waals surface area contributed by atoms with Gasteiger partial charge in [-0.2, -0.15) is 16.8 Å². The van der Waals surface area contributed by atoms with E-state index in [1.807, 2.05) is 0 Å². The van der Waals surface area contributed by atoms with Crippen LogP contribution >= 0.6 is 0 Å². The van der Waals surface area contributed by atoms with Gasteiger partial charge in [0.05, 0.1) is 26.4 Å². The standard InChI is InChI=1S/C30H56N2O70S16.16Na/c33-27(23(99-115(71,72)73)19(95-111(59,60)61)15(13(91-107(47,48)49)9-85-105(41,42)43)89-29-25(101-117(77,78)79)21(97-113(65,66)67)17(93-109(53,54)55)11(87-29)7-83-103(35,36)37)31-5-3-1-2-4-6-32-28(34)24(100-116(74,75)76)20(96-112(62,63)64)16(14(92-108(50,51)52)10-86-106(44,45)46)90-30-26(102-118(80,81)82)22(98-114(68,69)70)18(94-110(56,57)58)12(88-30)8-84-104(38,39)40;;;;;;;;;;;;;;;;/h11-26,29-30H,1-10H2,(H,31,33)(H,32,34)(H,35,36,37)(H,38,39,40)(H,41,42,43)(H,44,45,46)(H,47,48,49)(H,50,51,52)(H,53,54,55)(H,56,57,58)(H,59,60,61)(H,62,63,64)(H,65,66,67)(H,68,69,70)(H,71,72,73)(H,74,75,76)(H,77,78,79)(H,80,81,82);;;;;;;;;;;;;;;;/q;16*+1/p-16/t11-,12+,13+,14-,15-,16-,17-,18-,19-,20-,21-,22-,23-,24+,25?,26-,29-,30+;;;;;;;;;;;;;;;;/m0................/s1. The minimum Gasteiger partial charge on any atom is -0.860 e. The number of ether oxygens (including phenoxy) is 4. The Hall–Kier alpha value is 12.7. The van der Waals surface area contributed by atoms with Crippen LogP contribution in [0.5, 0.6) is 0 Å². The van der Waals surface area contributed by atoms with Crippen molar-refractivity contribution < 1.29 is 777 Å². The average molecular weight is 2430 g/mol. The number of aliphatic imine (C=N–C) groups is 2. The number of hydrogen-bond donors (Lipinski definition) is 2. The van der Waals surface area contributed by atoms with Crippen LogP contribution in [0.4, 0.5) is 0 Å². The van der Waals surface area contributed by atoms with Gasteiger partial charge < -0.3 is 103 Å². The Labute approximate surface area is 1120 Å². The molecular weight excluding hydrogens is 2390 g/mol. The van der Waals surface area contributed by atoms with Crippen molar-refractivity contribution >= 4 is 178 Å². The molecule has 0 bridgehead atoms. The molecule has 0 aromatic carbocycles. The number of hydrogen-bond acceptors (Lipinski definition) is 70. The Morgan fingerprint density at radius 2 is 0.478 bits per heavy atom. The van der Waals surface area contributed by atoms with E-state index in [-0.39, 0.29) is 473 Å². The molecular formula is C30H40N2Na16O70S16.